The topological polar surface area (TPSA) is 139 Å². The summed E-state index contributed by atoms with van der Waals surface area (Å²) >= 11 is 0.699. The highest BCUT2D eigenvalue weighted by Crippen LogP contribution is 2.32. The van der Waals surface area contributed by atoms with Crippen molar-refractivity contribution in [2.45, 2.75) is 6.92 Å². The number of carbonyl (C=O) groups is 2. The zero-order valence-corrected chi connectivity index (χ0v) is 19.9. The Morgan fingerprint density at radius 1 is 1.20 bits per heavy atom. The monoisotopic (exact) mass is 516 g/mol. The van der Waals surface area contributed by atoms with Crippen molar-refractivity contribution in [2.75, 3.05) is 12.9 Å². The zero-order chi connectivity index (χ0) is 25.3. The van der Waals surface area contributed by atoms with Crippen LogP contribution in [-0.2, 0) is 14.6 Å². The average molecular weight is 517 g/mol. The van der Waals surface area contributed by atoms with E-state index in [9.17, 15) is 22.4 Å². The van der Waals surface area contributed by atoms with Crippen LogP contribution in [-0.4, -0.2) is 54.2 Å². The third-order valence-corrected chi connectivity index (χ3v) is 6.44. The maximum Gasteiger partial charge on any atom is 0.343 e. The second kappa shape index (κ2) is 9.43. The van der Waals surface area contributed by atoms with Gasteiger partial charge in [0.1, 0.15) is 11.7 Å². The van der Waals surface area contributed by atoms with Crippen LogP contribution in [0.4, 0.5) is 4.39 Å². The fourth-order valence-electron chi connectivity index (χ4n) is 3.12. The van der Waals surface area contributed by atoms with Crippen molar-refractivity contribution in [3.63, 3.8) is 0 Å². The Labute approximate surface area is 203 Å². The van der Waals surface area contributed by atoms with Crippen LogP contribution in [0.2, 0.25) is 0 Å². The number of rotatable bonds is 5. The van der Waals surface area contributed by atoms with Crippen LogP contribution in [0.1, 0.15) is 22.8 Å². The SMILES string of the molecule is CCOc1cc(/C=C2/C(=N)N3C(=NC2=O)SN=C3S(C)(=O)=O)ccc1OC(=O)c1ccc(F)cc1. The molecule has 0 unspecified atom stereocenters. The van der Waals surface area contributed by atoms with Crippen LogP contribution in [0.15, 0.2) is 57.4 Å². The maximum absolute atomic E-state index is 13.1. The Kier molecular flexibility index (Phi) is 6.54. The lowest BCUT2D eigenvalue weighted by atomic mass is 10.1. The highest BCUT2D eigenvalue weighted by molar-refractivity contribution is 8.16. The van der Waals surface area contributed by atoms with Crippen molar-refractivity contribution in [1.82, 2.24) is 4.90 Å². The molecule has 2 heterocycles. The van der Waals surface area contributed by atoms with E-state index in [1.165, 1.54) is 36.4 Å². The minimum Gasteiger partial charge on any atom is -0.490 e. The molecule has 1 N–H and O–H groups in total. The van der Waals surface area contributed by atoms with Gasteiger partial charge in [-0.15, -0.1) is 0 Å². The van der Waals surface area contributed by atoms with E-state index in [2.05, 4.69) is 9.39 Å². The number of benzene rings is 2. The van der Waals surface area contributed by atoms with Gasteiger partial charge in [-0.25, -0.2) is 22.5 Å². The molecule has 2 aromatic rings. The van der Waals surface area contributed by atoms with E-state index < -0.39 is 27.5 Å². The fourth-order valence-corrected chi connectivity index (χ4v) is 4.96. The molecule has 10 nitrogen and oxygen atoms in total. The highest BCUT2D eigenvalue weighted by atomic mass is 32.2. The lowest BCUT2D eigenvalue weighted by Crippen LogP contribution is -2.45. The molecule has 0 aliphatic carbocycles. The molecule has 0 saturated heterocycles. The number of esters is 1. The van der Waals surface area contributed by atoms with Crippen molar-refractivity contribution in [3.8, 4) is 11.5 Å². The van der Waals surface area contributed by atoms with E-state index in [-0.39, 0.29) is 45.4 Å². The predicted octanol–water partition coefficient (Wildman–Crippen LogP) is 3.06. The standard InChI is InChI=1S/C22H17FN4O6S2/c1-3-32-17-11-12(4-9-16(17)33-20(29)13-5-7-14(23)8-6-13)10-15-18(24)27-21(25-19(15)28)34-26-22(27)35(2,30)31/h4-11,24H,3H2,1-2H3/b15-10-,24-18?. The number of nitrogens with one attached hydrogen (secondary N) is 1. The molecule has 0 spiro atoms. The Bertz CT molecular complexity index is 1450. The summed E-state index contributed by atoms with van der Waals surface area (Å²) in [6.07, 6.45) is 2.30. The number of hydrogen-bond acceptors (Lipinski definition) is 9. The van der Waals surface area contributed by atoms with Gasteiger partial charge in [-0.1, -0.05) is 6.07 Å². The molecular weight excluding hydrogens is 499 g/mol. The van der Waals surface area contributed by atoms with E-state index in [1.807, 2.05) is 0 Å². The molecule has 2 aliphatic rings. The van der Waals surface area contributed by atoms with Gasteiger partial charge in [0.2, 0.25) is 20.2 Å². The first-order valence-corrected chi connectivity index (χ1v) is 12.7. The van der Waals surface area contributed by atoms with Crippen molar-refractivity contribution in [2.24, 2.45) is 9.39 Å². The maximum atomic E-state index is 13.1. The minimum atomic E-state index is -3.77. The quantitative estimate of drug-likeness (QED) is 0.277. The van der Waals surface area contributed by atoms with Gasteiger partial charge in [-0.05, 0) is 55.0 Å². The molecule has 2 aromatic carbocycles. The Morgan fingerprint density at radius 2 is 1.91 bits per heavy atom. The summed E-state index contributed by atoms with van der Waals surface area (Å²) < 4.78 is 51.9. The molecular formula is C22H17FN4O6S2. The summed E-state index contributed by atoms with van der Waals surface area (Å²) in [6.45, 7) is 1.97. The third-order valence-electron chi connectivity index (χ3n) is 4.69. The van der Waals surface area contributed by atoms with Crippen molar-refractivity contribution in [1.29, 1.82) is 5.41 Å². The molecule has 0 fully saturated rings. The number of carbonyl (C=O) groups excluding carboxylic acids is 2. The first kappa shape index (κ1) is 24.3. The minimum absolute atomic E-state index is 0.0179. The summed E-state index contributed by atoms with van der Waals surface area (Å²) in [4.78, 5) is 29.8. The second-order valence-corrected chi connectivity index (χ2v) is 9.85. The number of fused-ring (bicyclic) bond motifs is 1. The van der Waals surface area contributed by atoms with Gasteiger partial charge >= 0.3 is 5.97 Å². The van der Waals surface area contributed by atoms with E-state index in [1.54, 1.807) is 6.92 Å². The van der Waals surface area contributed by atoms with Crippen LogP contribution in [0.25, 0.3) is 6.08 Å². The first-order valence-electron chi connectivity index (χ1n) is 10.0. The number of amides is 1. The molecule has 0 radical (unpaired) electrons. The lowest BCUT2D eigenvalue weighted by molar-refractivity contribution is -0.114. The molecule has 13 heteroatoms. The van der Waals surface area contributed by atoms with Gasteiger partial charge in [0.05, 0.1) is 29.7 Å². The van der Waals surface area contributed by atoms with Crippen LogP contribution in [0.3, 0.4) is 0 Å². The molecule has 2 aliphatic heterocycles. The van der Waals surface area contributed by atoms with Gasteiger partial charge in [-0.3, -0.25) is 10.2 Å². The molecule has 180 valence electrons. The summed E-state index contributed by atoms with van der Waals surface area (Å²) in [6, 6.07) is 9.31. The zero-order valence-electron chi connectivity index (χ0n) is 18.3. The molecule has 0 atom stereocenters. The number of hydrogen-bond donors (Lipinski definition) is 1. The van der Waals surface area contributed by atoms with Crippen molar-refractivity contribution < 1.29 is 31.9 Å². The number of sulfone groups is 1. The Morgan fingerprint density at radius 3 is 2.57 bits per heavy atom. The molecule has 1 amide bonds. The molecule has 35 heavy (non-hydrogen) atoms. The predicted molar refractivity (Wildman–Crippen MR) is 129 cm³/mol. The molecule has 0 bridgehead atoms. The van der Waals surface area contributed by atoms with E-state index in [0.29, 0.717) is 17.5 Å². The summed E-state index contributed by atoms with van der Waals surface area (Å²) in [5.41, 5.74) is 0.388. The van der Waals surface area contributed by atoms with Crippen molar-refractivity contribution >= 4 is 55.9 Å². The van der Waals surface area contributed by atoms with Crippen LogP contribution in [0.5, 0.6) is 11.5 Å². The molecule has 0 aromatic heterocycles. The third kappa shape index (κ3) is 5.00. The van der Waals surface area contributed by atoms with E-state index >= 15 is 0 Å². The van der Waals surface area contributed by atoms with Gasteiger partial charge in [-0.2, -0.15) is 9.39 Å². The first-order chi connectivity index (χ1) is 16.6. The Hall–Kier alpha value is -3.84. The highest BCUT2D eigenvalue weighted by Gasteiger charge is 2.41. The van der Waals surface area contributed by atoms with Gasteiger partial charge < -0.3 is 9.47 Å². The van der Waals surface area contributed by atoms with Crippen molar-refractivity contribution in [3.05, 3.63) is 65.0 Å². The van der Waals surface area contributed by atoms with Gasteiger partial charge in [0.15, 0.2) is 11.5 Å². The summed E-state index contributed by atoms with van der Waals surface area (Å²) in [5.74, 6) is -2.05. The number of ether oxygens (including phenoxy) is 2. The summed E-state index contributed by atoms with van der Waals surface area (Å²) in [7, 11) is -3.77. The van der Waals surface area contributed by atoms with Crippen LogP contribution < -0.4 is 9.47 Å². The number of halogens is 1. The number of aliphatic imine (C=N–C) groups is 1. The smallest absolute Gasteiger partial charge is 0.343 e. The number of amidine groups is 3. The average Bonchev–Trinajstić information content (AvgIpc) is 3.23. The van der Waals surface area contributed by atoms with Gasteiger partial charge in [0, 0.05) is 6.26 Å². The lowest BCUT2D eigenvalue weighted by Gasteiger charge is -2.23. The fraction of sp³-hybridized carbons (Fsp3) is 0.136. The largest absolute Gasteiger partial charge is 0.490 e. The summed E-state index contributed by atoms with van der Waals surface area (Å²) in [5, 5.41) is 8.01. The van der Waals surface area contributed by atoms with E-state index in [4.69, 9.17) is 14.9 Å². The van der Waals surface area contributed by atoms with Gasteiger partial charge in [0.25, 0.3) is 5.91 Å². The van der Waals surface area contributed by atoms with E-state index in [0.717, 1.165) is 23.3 Å². The number of nitrogens with zero attached hydrogens (tertiary/aromatic N) is 3. The molecule has 0 saturated carbocycles. The van der Waals surface area contributed by atoms with Crippen LogP contribution >= 0.6 is 11.9 Å². The molecule has 4 rings (SSSR count). The Balaban J connectivity index is 1.64. The normalized spacial score (nSPS) is 16.7. The van der Waals surface area contributed by atoms with Crippen LogP contribution in [0, 0.1) is 11.2 Å². The second-order valence-electron chi connectivity index (χ2n) is 7.21.